The molecule has 2 aromatic rings. The largest absolute Gasteiger partial charge is 0.296 e. The van der Waals surface area contributed by atoms with E-state index in [4.69, 9.17) is 0 Å². The number of ketones is 1. The van der Waals surface area contributed by atoms with Gasteiger partial charge in [0.2, 0.25) is 5.82 Å². The summed E-state index contributed by atoms with van der Waals surface area (Å²) in [6.07, 6.45) is 0. The molecule has 2 rings (SSSR count). The molecule has 0 atom stereocenters. The van der Waals surface area contributed by atoms with Gasteiger partial charge in [-0.15, -0.1) is 4.68 Å². The van der Waals surface area contributed by atoms with Gasteiger partial charge in [0.1, 0.15) is 5.69 Å². The first-order valence-corrected chi connectivity index (χ1v) is 5.60. The van der Waals surface area contributed by atoms with Crippen LogP contribution >= 0.6 is 0 Å². The Balaban J connectivity index is 2.49. The lowest BCUT2D eigenvalue weighted by Gasteiger charge is -1.99. The van der Waals surface area contributed by atoms with Gasteiger partial charge in [0.05, 0.1) is 0 Å². The molecule has 0 fully saturated rings. The number of aromatic nitrogens is 3. The van der Waals surface area contributed by atoms with Crippen LogP contribution in [0.1, 0.15) is 18.6 Å². The molecule has 88 valence electrons. The molecule has 0 aliphatic carbocycles. The number of para-hydroxylation sites is 1. The van der Waals surface area contributed by atoms with Crippen molar-refractivity contribution in [1.29, 1.82) is 0 Å². The van der Waals surface area contributed by atoms with E-state index in [1.807, 2.05) is 48.7 Å². The number of hydrogen-bond acceptors (Lipinski definition) is 2. The molecule has 0 saturated carbocycles. The Morgan fingerprint density at radius 3 is 2.53 bits per heavy atom. The number of rotatable bonds is 3. The van der Waals surface area contributed by atoms with Crippen molar-refractivity contribution in [2.24, 2.45) is 0 Å². The van der Waals surface area contributed by atoms with Gasteiger partial charge in [0, 0.05) is 18.9 Å². The van der Waals surface area contributed by atoms with Gasteiger partial charge in [-0.1, -0.05) is 18.2 Å². The molecule has 0 aliphatic rings. The van der Waals surface area contributed by atoms with Crippen LogP contribution < -0.4 is 4.57 Å². The summed E-state index contributed by atoms with van der Waals surface area (Å²) in [6.45, 7) is 5.81. The first kappa shape index (κ1) is 11.5. The van der Waals surface area contributed by atoms with E-state index in [-0.39, 0.29) is 5.78 Å². The summed E-state index contributed by atoms with van der Waals surface area (Å²) in [6, 6.07) is 10.0. The Kier molecular flexibility index (Phi) is 3.04. The van der Waals surface area contributed by atoms with Crippen LogP contribution in [0.2, 0.25) is 0 Å². The van der Waals surface area contributed by atoms with Crippen LogP contribution in [-0.4, -0.2) is 15.6 Å². The molecular weight excluding hydrogens is 214 g/mol. The second-order valence-corrected chi connectivity index (χ2v) is 4.13. The highest BCUT2D eigenvalue weighted by molar-refractivity contribution is 5.75. The second-order valence-electron chi connectivity index (χ2n) is 4.13. The third-order valence-corrected chi connectivity index (χ3v) is 2.67. The predicted molar refractivity (Wildman–Crippen MR) is 63.9 cm³/mol. The van der Waals surface area contributed by atoms with E-state index in [9.17, 15) is 4.79 Å². The van der Waals surface area contributed by atoms with Crippen molar-refractivity contribution < 1.29 is 9.36 Å². The fourth-order valence-electron chi connectivity index (χ4n) is 1.95. The van der Waals surface area contributed by atoms with Crippen molar-refractivity contribution in [2.45, 2.75) is 27.3 Å². The van der Waals surface area contributed by atoms with E-state index < -0.39 is 0 Å². The summed E-state index contributed by atoms with van der Waals surface area (Å²) in [5.74, 6) is 1.95. The highest BCUT2D eigenvalue weighted by Gasteiger charge is 2.21. The zero-order valence-corrected chi connectivity index (χ0v) is 10.3. The van der Waals surface area contributed by atoms with Crippen LogP contribution in [0.3, 0.4) is 0 Å². The number of benzene rings is 1. The Bertz CT molecular complexity index is 543. The van der Waals surface area contributed by atoms with Gasteiger partial charge in [-0.2, -0.15) is 4.57 Å². The molecule has 0 N–H and O–H groups in total. The van der Waals surface area contributed by atoms with Gasteiger partial charge in [-0.05, 0) is 19.1 Å². The van der Waals surface area contributed by atoms with Crippen molar-refractivity contribution in [2.75, 3.05) is 0 Å². The predicted octanol–water partition coefficient (Wildman–Crippen LogP) is 1.37. The summed E-state index contributed by atoms with van der Waals surface area (Å²) in [7, 11) is 0. The average molecular weight is 230 g/mol. The molecule has 1 aromatic carbocycles. The fourth-order valence-corrected chi connectivity index (χ4v) is 1.95. The van der Waals surface area contributed by atoms with Crippen molar-refractivity contribution in [1.82, 2.24) is 9.78 Å². The molecule has 0 bridgehead atoms. The summed E-state index contributed by atoms with van der Waals surface area (Å²) >= 11 is 0. The van der Waals surface area contributed by atoms with E-state index in [0.717, 1.165) is 17.3 Å². The van der Waals surface area contributed by atoms with Gasteiger partial charge in [-0.25, -0.2) is 0 Å². The first-order valence-electron chi connectivity index (χ1n) is 5.60. The minimum Gasteiger partial charge on any atom is -0.296 e. The van der Waals surface area contributed by atoms with Gasteiger partial charge < -0.3 is 0 Å². The van der Waals surface area contributed by atoms with Gasteiger partial charge >= 0.3 is 0 Å². The summed E-state index contributed by atoms with van der Waals surface area (Å²) in [5.41, 5.74) is 1.07. The van der Waals surface area contributed by atoms with Crippen LogP contribution in [0.25, 0.3) is 5.69 Å². The van der Waals surface area contributed by atoms with E-state index in [1.54, 1.807) is 11.6 Å². The van der Waals surface area contributed by atoms with E-state index in [2.05, 4.69) is 5.10 Å². The van der Waals surface area contributed by atoms with Gasteiger partial charge in [0.15, 0.2) is 12.3 Å². The van der Waals surface area contributed by atoms with Crippen LogP contribution in [0.5, 0.6) is 0 Å². The maximum atomic E-state index is 11.2. The molecule has 4 nitrogen and oxygen atoms in total. The molecule has 0 radical (unpaired) electrons. The average Bonchev–Trinajstić information content (AvgIpc) is 2.54. The third-order valence-electron chi connectivity index (χ3n) is 2.67. The smallest absolute Gasteiger partial charge is 0.279 e. The topological polar surface area (TPSA) is 38.8 Å². The molecule has 0 unspecified atom stereocenters. The molecule has 0 amide bonds. The van der Waals surface area contributed by atoms with Crippen LogP contribution in [-0.2, 0) is 11.3 Å². The summed E-state index contributed by atoms with van der Waals surface area (Å²) < 4.78 is 3.79. The Morgan fingerprint density at radius 2 is 1.94 bits per heavy atom. The molecule has 4 heteroatoms. The normalized spacial score (nSPS) is 10.5. The molecular formula is C13H16N3O+. The lowest BCUT2D eigenvalue weighted by Crippen LogP contribution is -2.35. The number of carbonyl (C=O) groups excluding carboxylic acids is 1. The van der Waals surface area contributed by atoms with Crippen LogP contribution in [0, 0.1) is 13.8 Å². The Labute approximate surface area is 101 Å². The maximum Gasteiger partial charge on any atom is 0.279 e. The van der Waals surface area contributed by atoms with E-state index in [0.29, 0.717) is 6.54 Å². The number of aryl methyl sites for hydroxylation is 1. The Hall–Kier alpha value is -1.97. The monoisotopic (exact) mass is 230 g/mol. The molecule has 0 saturated heterocycles. The van der Waals surface area contributed by atoms with E-state index >= 15 is 0 Å². The number of Topliss-reactive ketones (excluding diaryl/α,β-unsaturated/α-hetero) is 1. The third kappa shape index (κ3) is 2.25. The highest BCUT2D eigenvalue weighted by Crippen LogP contribution is 2.03. The lowest BCUT2D eigenvalue weighted by atomic mass is 10.3. The molecule has 0 spiro atoms. The number of hydrogen-bond donors (Lipinski definition) is 0. The maximum absolute atomic E-state index is 11.2. The quantitative estimate of drug-likeness (QED) is 0.747. The zero-order chi connectivity index (χ0) is 12.4. The van der Waals surface area contributed by atoms with Gasteiger partial charge in [0.25, 0.3) is 5.82 Å². The highest BCUT2D eigenvalue weighted by atomic mass is 16.1. The van der Waals surface area contributed by atoms with Crippen molar-refractivity contribution in [3.05, 3.63) is 42.0 Å². The molecule has 17 heavy (non-hydrogen) atoms. The minimum atomic E-state index is 0.107. The van der Waals surface area contributed by atoms with Crippen molar-refractivity contribution in [3.8, 4) is 5.69 Å². The molecule has 1 aromatic heterocycles. The van der Waals surface area contributed by atoms with Crippen molar-refractivity contribution >= 4 is 5.78 Å². The SMILES string of the molecule is CC(=O)Cn1nc(C)[n+](-c2ccccc2)c1C. The second kappa shape index (κ2) is 4.49. The van der Waals surface area contributed by atoms with Crippen LogP contribution in [0.4, 0.5) is 0 Å². The van der Waals surface area contributed by atoms with Crippen molar-refractivity contribution in [3.63, 3.8) is 0 Å². The fraction of sp³-hybridized carbons (Fsp3) is 0.308. The lowest BCUT2D eigenvalue weighted by molar-refractivity contribution is -0.610. The number of carbonyl (C=O) groups is 1. The molecule has 1 heterocycles. The zero-order valence-electron chi connectivity index (χ0n) is 10.3. The van der Waals surface area contributed by atoms with Gasteiger partial charge in [-0.3, -0.25) is 4.79 Å². The van der Waals surface area contributed by atoms with E-state index in [1.165, 1.54) is 0 Å². The summed E-state index contributed by atoms with van der Waals surface area (Å²) in [4.78, 5) is 11.2. The molecule has 0 aliphatic heterocycles. The Morgan fingerprint density at radius 1 is 1.29 bits per heavy atom. The first-order chi connectivity index (χ1) is 8.09. The minimum absolute atomic E-state index is 0.107. The van der Waals surface area contributed by atoms with Crippen LogP contribution in [0.15, 0.2) is 30.3 Å². The summed E-state index contributed by atoms with van der Waals surface area (Å²) in [5, 5.41) is 4.39. The standard InChI is InChI=1S/C13H16N3O/c1-10(17)9-15-12(3)16(11(2)14-15)13-7-5-4-6-8-13/h4-8H,9H2,1-3H3/q+1. The number of nitrogens with zero attached hydrogens (tertiary/aromatic N) is 3.